The third kappa shape index (κ3) is 3.44. The highest BCUT2D eigenvalue weighted by Gasteiger charge is 2.22. The molecule has 3 nitrogen and oxygen atoms in total. The van der Waals surface area contributed by atoms with Crippen molar-refractivity contribution in [2.24, 2.45) is 5.41 Å². The summed E-state index contributed by atoms with van der Waals surface area (Å²) >= 11 is 0. The highest BCUT2D eigenvalue weighted by atomic mass is 19.1. The molecule has 0 aliphatic rings. The molecule has 1 rings (SSSR count). The van der Waals surface area contributed by atoms with Crippen LogP contribution in [-0.2, 0) is 0 Å². The lowest BCUT2D eigenvalue weighted by Gasteiger charge is -2.28. The van der Waals surface area contributed by atoms with Crippen LogP contribution in [0.25, 0.3) is 0 Å². The van der Waals surface area contributed by atoms with Gasteiger partial charge in [-0.15, -0.1) is 0 Å². The number of nitrogen functional groups attached to an aromatic ring is 1. The molecule has 1 atom stereocenters. The molecule has 0 aromatic heterocycles. The van der Waals surface area contributed by atoms with E-state index in [1.165, 1.54) is 18.2 Å². The Labute approximate surface area is 101 Å². The molecule has 0 aliphatic heterocycles. The van der Waals surface area contributed by atoms with Gasteiger partial charge in [0.15, 0.2) is 0 Å². The molecule has 1 aromatic rings. The largest absolute Gasteiger partial charge is 0.396 e. The van der Waals surface area contributed by atoms with E-state index >= 15 is 0 Å². The van der Waals surface area contributed by atoms with Crippen LogP contribution in [0, 0.1) is 11.2 Å². The molecule has 94 valence electrons. The van der Waals surface area contributed by atoms with Gasteiger partial charge < -0.3 is 11.1 Å². The molecular weight excluding hydrogens is 219 g/mol. The number of carbonyl (C=O) groups is 1. The molecule has 0 aliphatic carbocycles. The van der Waals surface area contributed by atoms with Crippen LogP contribution >= 0.6 is 0 Å². The molecule has 0 bridgehead atoms. The fourth-order valence-corrected chi connectivity index (χ4v) is 1.18. The molecule has 1 amide bonds. The van der Waals surface area contributed by atoms with Gasteiger partial charge in [0, 0.05) is 11.6 Å². The Morgan fingerprint density at radius 2 is 2.00 bits per heavy atom. The van der Waals surface area contributed by atoms with E-state index in [1.54, 1.807) is 0 Å². The normalized spacial score (nSPS) is 13.2. The molecule has 0 fully saturated rings. The summed E-state index contributed by atoms with van der Waals surface area (Å²) in [5.74, 6) is -0.746. The molecule has 0 heterocycles. The SMILES string of the molecule is CC(NC(=O)c1ccc(F)c(N)c1)C(C)(C)C. The van der Waals surface area contributed by atoms with Gasteiger partial charge >= 0.3 is 0 Å². The first-order valence-electron chi connectivity index (χ1n) is 5.57. The third-order valence-electron chi connectivity index (χ3n) is 2.90. The van der Waals surface area contributed by atoms with Crippen molar-refractivity contribution in [3.8, 4) is 0 Å². The quantitative estimate of drug-likeness (QED) is 0.778. The van der Waals surface area contributed by atoms with E-state index in [2.05, 4.69) is 5.32 Å². The van der Waals surface area contributed by atoms with Gasteiger partial charge in [0.1, 0.15) is 5.82 Å². The van der Waals surface area contributed by atoms with Crippen LogP contribution < -0.4 is 11.1 Å². The van der Waals surface area contributed by atoms with Gasteiger partial charge in [0.05, 0.1) is 5.69 Å². The van der Waals surface area contributed by atoms with Crippen molar-refractivity contribution < 1.29 is 9.18 Å². The average Bonchev–Trinajstić information content (AvgIpc) is 2.20. The van der Waals surface area contributed by atoms with Crippen molar-refractivity contribution in [3.05, 3.63) is 29.6 Å². The minimum Gasteiger partial charge on any atom is -0.396 e. The van der Waals surface area contributed by atoms with E-state index in [4.69, 9.17) is 5.73 Å². The predicted molar refractivity (Wildman–Crippen MR) is 67.2 cm³/mol. The van der Waals surface area contributed by atoms with Crippen LogP contribution in [0.2, 0.25) is 0 Å². The Bertz CT molecular complexity index is 424. The summed E-state index contributed by atoms with van der Waals surface area (Å²) in [4.78, 5) is 11.9. The maximum atomic E-state index is 13.0. The van der Waals surface area contributed by atoms with Crippen LogP contribution in [0.15, 0.2) is 18.2 Å². The lowest BCUT2D eigenvalue weighted by molar-refractivity contribution is 0.0910. The predicted octanol–water partition coefficient (Wildman–Crippen LogP) is 2.57. The lowest BCUT2D eigenvalue weighted by atomic mass is 9.88. The summed E-state index contributed by atoms with van der Waals surface area (Å²) in [6.45, 7) is 8.05. The first-order valence-corrected chi connectivity index (χ1v) is 5.57. The number of carbonyl (C=O) groups excluding carboxylic acids is 1. The zero-order valence-electron chi connectivity index (χ0n) is 10.7. The zero-order valence-corrected chi connectivity index (χ0v) is 10.7. The zero-order chi connectivity index (χ0) is 13.2. The molecule has 3 N–H and O–H groups in total. The summed E-state index contributed by atoms with van der Waals surface area (Å²) in [6.07, 6.45) is 0. The number of benzene rings is 1. The standard InChI is InChI=1S/C13H19FN2O/c1-8(13(2,3)4)16-12(17)9-5-6-10(14)11(15)7-9/h5-8H,15H2,1-4H3,(H,16,17). The van der Waals surface area contributed by atoms with Crippen molar-refractivity contribution in [3.63, 3.8) is 0 Å². The maximum Gasteiger partial charge on any atom is 0.251 e. The topological polar surface area (TPSA) is 55.1 Å². The summed E-state index contributed by atoms with van der Waals surface area (Å²) < 4.78 is 13.0. The number of halogens is 1. The van der Waals surface area contributed by atoms with E-state index in [0.29, 0.717) is 5.56 Å². The summed E-state index contributed by atoms with van der Waals surface area (Å²) in [6, 6.07) is 3.99. The van der Waals surface area contributed by atoms with Gasteiger partial charge in [-0.1, -0.05) is 20.8 Å². The van der Waals surface area contributed by atoms with Crippen molar-refractivity contribution in [2.75, 3.05) is 5.73 Å². The lowest BCUT2D eigenvalue weighted by Crippen LogP contribution is -2.41. The molecule has 0 radical (unpaired) electrons. The number of rotatable bonds is 2. The van der Waals surface area contributed by atoms with Crippen LogP contribution in [0.5, 0.6) is 0 Å². The van der Waals surface area contributed by atoms with Crippen LogP contribution in [0.1, 0.15) is 38.1 Å². The van der Waals surface area contributed by atoms with Gasteiger partial charge in [-0.3, -0.25) is 4.79 Å². The fraction of sp³-hybridized carbons (Fsp3) is 0.462. The van der Waals surface area contributed by atoms with Crippen molar-refractivity contribution in [2.45, 2.75) is 33.7 Å². The molecule has 1 unspecified atom stereocenters. The van der Waals surface area contributed by atoms with Crippen molar-refractivity contribution >= 4 is 11.6 Å². The van der Waals surface area contributed by atoms with Gasteiger partial charge in [-0.05, 0) is 30.5 Å². The highest BCUT2D eigenvalue weighted by molar-refractivity contribution is 5.95. The molecule has 0 saturated carbocycles. The summed E-state index contributed by atoms with van der Waals surface area (Å²) in [5, 5.41) is 2.87. The third-order valence-corrected chi connectivity index (χ3v) is 2.90. The molecule has 17 heavy (non-hydrogen) atoms. The monoisotopic (exact) mass is 238 g/mol. The summed E-state index contributed by atoms with van der Waals surface area (Å²) in [7, 11) is 0. The Kier molecular flexibility index (Phi) is 3.76. The summed E-state index contributed by atoms with van der Waals surface area (Å²) in [5.41, 5.74) is 5.76. The number of hydrogen-bond donors (Lipinski definition) is 2. The second kappa shape index (κ2) is 4.73. The first kappa shape index (κ1) is 13.5. The van der Waals surface area contributed by atoms with E-state index in [9.17, 15) is 9.18 Å². The van der Waals surface area contributed by atoms with E-state index in [-0.39, 0.29) is 23.1 Å². The highest BCUT2D eigenvalue weighted by Crippen LogP contribution is 2.19. The Morgan fingerprint density at radius 3 is 2.47 bits per heavy atom. The van der Waals surface area contributed by atoms with Crippen molar-refractivity contribution in [1.82, 2.24) is 5.32 Å². The van der Waals surface area contributed by atoms with Crippen LogP contribution in [-0.4, -0.2) is 11.9 Å². The molecular formula is C13H19FN2O. The van der Waals surface area contributed by atoms with Gasteiger partial charge in [-0.2, -0.15) is 0 Å². The Hall–Kier alpha value is -1.58. The van der Waals surface area contributed by atoms with Crippen LogP contribution in [0.3, 0.4) is 0 Å². The number of nitrogens with two attached hydrogens (primary N) is 1. The number of amides is 1. The smallest absolute Gasteiger partial charge is 0.251 e. The minimum atomic E-state index is -0.509. The number of hydrogen-bond acceptors (Lipinski definition) is 2. The molecule has 0 spiro atoms. The number of anilines is 1. The fourth-order valence-electron chi connectivity index (χ4n) is 1.18. The van der Waals surface area contributed by atoms with E-state index in [0.717, 1.165) is 0 Å². The Morgan fingerprint density at radius 1 is 1.41 bits per heavy atom. The second-order valence-corrected chi connectivity index (χ2v) is 5.30. The Balaban J connectivity index is 2.80. The van der Waals surface area contributed by atoms with Gasteiger partial charge in [-0.25, -0.2) is 4.39 Å². The van der Waals surface area contributed by atoms with E-state index < -0.39 is 5.82 Å². The minimum absolute atomic E-state index is 0.0129. The first-order chi connectivity index (χ1) is 7.71. The van der Waals surface area contributed by atoms with Gasteiger partial charge in [0.2, 0.25) is 0 Å². The van der Waals surface area contributed by atoms with Crippen molar-refractivity contribution in [1.29, 1.82) is 0 Å². The molecule has 4 heteroatoms. The number of nitrogens with one attached hydrogen (secondary N) is 1. The average molecular weight is 238 g/mol. The maximum absolute atomic E-state index is 13.0. The van der Waals surface area contributed by atoms with Gasteiger partial charge in [0.25, 0.3) is 5.91 Å². The molecule has 0 saturated heterocycles. The van der Waals surface area contributed by atoms with E-state index in [1.807, 2.05) is 27.7 Å². The van der Waals surface area contributed by atoms with Crippen LogP contribution in [0.4, 0.5) is 10.1 Å². The second-order valence-electron chi connectivity index (χ2n) is 5.30. The molecule has 1 aromatic carbocycles.